The lowest BCUT2D eigenvalue weighted by atomic mass is 10.3. The van der Waals surface area contributed by atoms with Crippen LogP contribution in [0.2, 0.25) is 0 Å². The zero-order valence-electron chi connectivity index (χ0n) is 8.72. The summed E-state index contributed by atoms with van der Waals surface area (Å²) in [6, 6.07) is 4.50. The fourth-order valence-corrected chi connectivity index (χ4v) is 1.77. The predicted molar refractivity (Wildman–Crippen MR) is 57.9 cm³/mol. The molecule has 0 heterocycles. The van der Waals surface area contributed by atoms with Gasteiger partial charge >= 0.3 is 18.2 Å². The van der Waals surface area contributed by atoms with Gasteiger partial charge in [-0.05, 0) is 12.1 Å². The molecule has 0 unspecified atom stereocenters. The van der Waals surface area contributed by atoms with Crippen LogP contribution in [0.1, 0.15) is 0 Å². The van der Waals surface area contributed by atoms with Gasteiger partial charge in [-0.25, -0.2) is 0 Å². The third-order valence-electron chi connectivity index (χ3n) is 1.91. The minimum atomic E-state index is -6.43. The molecule has 19 heavy (non-hydrogen) atoms. The van der Waals surface area contributed by atoms with Crippen molar-refractivity contribution in [3.05, 3.63) is 24.3 Å². The first kappa shape index (κ1) is 16.3. The van der Waals surface area contributed by atoms with Gasteiger partial charge in [0.2, 0.25) is 0 Å². The van der Waals surface area contributed by atoms with Gasteiger partial charge in [0, 0.05) is 0 Å². The van der Waals surface area contributed by atoms with Crippen LogP contribution in [-0.2, 0) is 0 Å². The maximum absolute atomic E-state index is 13.0. The first-order valence-corrected chi connectivity index (χ1v) is 6.31. The first-order chi connectivity index (χ1) is 8.53. The van der Waals surface area contributed by atoms with E-state index < -0.39 is 24.0 Å². The molecule has 0 aliphatic heterocycles. The smallest absolute Gasteiger partial charge is 0.427 e. The molecule has 108 valence electrons. The number of alkyl halides is 7. The van der Waals surface area contributed by atoms with Gasteiger partial charge in [-0.1, -0.05) is 22.9 Å². The monoisotopic (exact) mass is 326 g/mol. The highest BCUT2D eigenvalue weighted by Crippen LogP contribution is 2.48. The zero-order chi connectivity index (χ0) is 14.9. The van der Waals surface area contributed by atoms with Gasteiger partial charge in [-0.15, -0.1) is 11.7 Å². The third-order valence-corrected chi connectivity index (χ3v) is 3.03. The maximum atomic E-state index is 13.0. The Hall–Kier alpha value is -0.770. The zero-order valence-corrected chi connectivity index (χ0v) is 10.4. The Morgan fingerprint density at radius 3 is 1.95 bits per heavy atom. The molecule has 0 saturated heterocycles. The fourth-order valence-electron chi connectivity index (χ4n) is 0.977. The minimum absolute atomic E-state index is 0.122. The molecule has 0 N–H and O–H groups in total. The summed E-state index contributed by atoms with van der Waals surface area (Å²) >= 11 is 3.64. The second kappa shape index (κ2) is 5.31. The second-order valence-corrected chi connectivity index (χ2v) is 4.40. The fraction of sp³-hybridized carbons (Fsp3) is 0.333. The molecule has 1 aromatic rings. The van der Waals surface area contributed by atoms with Gasteiger partial charge in [-0.3, -0.25) is 0 Å². The molecule has 0 aromatic heterocycles. The molecule has 0 fully saturated rings. The van der Waals surface area contributed by atoms with Crippen LogP contribution in [0.25, 0.3) is 0 Å². The summed E-state index contributed by atoms with van der Waals surface area (Å²) in [5, 5.41) is 0. The second-order valence-electron chi connectivity index (χ2n) is 3.23. The number of thiol groups is 1. The molecule has 0 aliphatic rings. The Kier molecular flexibility index (Phi) is 4.55. The van der Waals surface area contributed by atoms with Crippen molar-refractivity contribution < 1.29 is 35.5 Å². The van der Waals surface area contributed by atoms with E-state index in [4.69, 9.17) is 0 Å². The number of rotatable bonds is 4. The van der Waals surface area contributed by atoms with Crippen molar-refractivity contribution in [2.75, 3.05) is 0 Å². The third kappa shape index (κ3) is 3.22. The van der Waals surface area contributed by atoms with E-state index in [1.807, 2.05) is 0 Å². The highest BCUT2D eigenvalue weighted by molar-refractivity contribution is 8.68. The highest BCUT2D eigenvalue weighted by atomic mass is 33.1. The van der Waals surface area contributed by atoms with Crippen LogP contribution in [0, 0.1) is 0 Å². The van der Waals surface area contributed by atoms with E-state index in [0.29, 0.717) is 10.8 Å². The Bertz CT molecular complexity index is 446. The van der Waals surface area contributed by atoms with Crippen molar-refractivity contribution in [3.8, 4) is 5.75 Å². The number of ether oxygens (including phenoxy) is 1. The maximum Gasteiger partial charge on any atom is 0.474 e. The lowest BCUT2D eigenvalue weighted by Crippen LogP contribution is -2.55. The molecule has 1 aromatic carbocycles. The SMILES string of the molecule is FC(F)(F)C(F)(F)C(F)(F)Oc1ccccc1SS. The molecule has 0 saturated carbocycles. The molecular formula is C9H5F7OS2. The average molecular weight is 326 g/mol. The van der Waals surface area contributed by atoms with E-state index in [2.05, 4.69) is 16.4 Å². The number of halogens is 7. The topological polar surface area (TPSA) is 9.23 Å². The van der Waals surface area contributed by atoms with E-state index in [0.717, 1.165) is 12.1 Å². The summed E-state index contributed by atoms with van der Waals surface area (Å²) in [6.07, 6.45) is -12.2. The summed E-state index contributed by atoms with van der Waals surface area (Å²) in [7, 11) is 0.564. The van der Waals surface area contributed by atoms with Crippen LogP contribution in [0.4, 0.5) is 30.7 Å². The van der Waals surface area contributed by atoms with Crippen molar-refractivity contribution in [2.24, 2.45) is 0 Å². The minimum Gasteiger partial charge on any atom is -0.427 e. The van der Waals surface area contributed by atoms with E-state index >= 15 is 0 Å². The van der Waals surface area contributed by atoms with Crippen molar-refractivity contribution in [1.29, 1.82) is 0 Å². The summed E-state index contributed by atoms with van der Waals surface area (Å²) in [5.41, 5.74) is 0. The molecular weight excluding hydrogens is 321 g/mol. The van der Waals surface area contributed by atoms with Crippen LogP contribution in [-0.4, -0.2) is 18.2 Å². The van der Waals surface area contributed by atoms with Crippen LogP contribution in [0.5, 0.6) is 5.75 Å². The number of benzene rings is 1. The van der Waals surface area contributed by atoms with Crippen LogP contribution >= 0.6 is 22.5 Å². The Balaban J connectivity index is 3.09. The Morgan fingerprint density at radius 2 is 1.47 bits per heavy atom. The molecule has 1 rings (SSSR count). The molecule has 0 atom stereocenters. The molecule has 1 nitrogen and oxygen atoms in total. The van der Waals surface area contributed by atoms with Crippen molar-refractivity contribution in [1.82, 2.24) is 0 Å². The highest BCUT2D eigenvalue weighted by Gasteiger charge is 2.75. The largest absolute Gasteiger partial charge is 0.474 e. The Morgan fingerprint density at radius 1 is 0.947 bits per heavy atom. The summed E-state index contributed by atoms with van der Waals surface area (Å²) < 4.78 is 90.3. The Labute approximate surface area is 111 Å². The molecule has 0 amide bonds. The molecule has 0 aliphatic carbocycles. The van der Waals surface area contributed by atoms with Crippen molar-refractivity contribution in [2.45, 2.75) is 23.1 Å². The average Bonchev–Trinajstić information content (AvgIpc) is 2.27. The molecule has 0 radical (unpaired) electrons. The van der Waals surface area contributed by atoms with Crippen LogP contribution < -0.4 is 4.74 Å². The quantitative estimate of drug-likeness (QED) is 0.484. The lowest BCUT2D eigenvalue weighted by Gasteiger charge is -2.28. The molecule has 10 heteroatoms. The van der Waals surface area contributed by atoms with Gasteiger partial charge in [0.05, 0.1) is 4.90 Å². The summed E-state index contributed by atoms with van der Waals surface area (Å²) in [4.78, 5) is -0.122. The van der Waals surface area contributed by atoms with Gasteiger partial charge in [0.15, 0.2) is 0 Å². The van der Waals surface area contributed by atoms with Crippen molar-refractivity contribution in [3.63, 3.8) is 0 Å². The summed E-state index contributed by atoms with van der Waals surface area (Å²) in [6.45, 7) is 0. The van der Waals surface area contributed by atoms with Gasteiger partial charge in [-0.2, -0.15) is 30.7 Å². The standard InChI is InChI=1S/C9H5F7OS2/c10-7(11,8(12,13)14)9(15,16)17-5-3-1-2-4-6(5)19-18/h1-4,18H. The van der Waals surface area contributed by atoms with E-state index in [-0.39, 0.29) is 4.90 Å². The van der Waals surface area contributed by atoms with Crippen molar-refractivity contribution >= 4 is 22.5 Å². The number of hydrogen-bond donors (Lipinski definition) is 1. The van der Waals surface area contributed by atoms with Gasteiger partial charge in [0.1, 0.15) is 5.75 Å². The van der Waals surface area contributed by atoms with Crippen LogP contribution in [0.15, 0.2) is 29.2 Å². The lowest BCUT2D eigenvalue weighted by molar-refractivity contribution is -0.403. The predicted octanol–water partition coefficient (Wildman–Crippen LogP) is 4.79. The van der Waals surface area contributed by atoms with Crippen LogP contribution in [0.3, 0.4) is 0 Å². The summed E-state index contributed by atoms with van der Waals surface area (Å²) in [5.74, 6) is -7.13. The number of hydrogen-bond acceptors (Lipinski definition) is 3. The van der Waals surface area contributed by atoms with Gasteiger partial charge < -0.3 is 4.74 Å². The first-order valence-electron chi connectivity index (χ1n) is 4.45. The number of para-hydroxylation sites is 1. The van der Waals surface area contributed by atoms with E-state index in [1.165, 1.54) is 12.1 Å². The molecule has 0 bridgehead atoms. The molecule has 0 spiro atoms. The normalized spacial score (nSPS) is 13.5. The van der Waals surface area contributed by atoms with E-state index in [1.54, 1.807) is 0 Å². The van der Waals surface area contributed by atoms with E-state index in [9.17, 15) is 30.7 Å². The van der Waals surface area contributed by atoms with Gasteiger partial charge in [0.25, 0.3) is 0 Å².